The molecule has 1 saturated heterocycles. The molecule has 6 heteroatoms. The van der Waals surface area contributed by atoms with Crippen LogP contribution in [0.3, 0.4) is 0 Å². The van der Waals surface area contributed by atoms with Crippen molar-refractivity contribution in [1.82, 2.24) is 4.90 Å². The Morgan fingerprint density at radius 2 is 1.96 bits per heavy atom. The maximum Gasteiger partial charge on any atom is 0.410 e. The van der Waals surface area contributed by atoms with E-state index >= 15 is 0 Å². The number of benzene rings is 1. The van der Waals surface area contributed by atoms with E-state index < -0.39 is 10.5 Å². The predicted molar refractivity (Wildman–Crippen MR) is 88.1 cm³/mol. The van der Waals surface area contributed by atoms with Crippen LogP contribution in [0.25, 0.3) is 6.08 Å². The topological polar surface area (TPSA) is 72.7 Å². The van der Waals surface area contributed by atoms with Crippen molar-refractivity contribution >= 4 is 17.9 Å². The van der Waals surface area contributed by atoms with Crippen LogP contribution in [-0.4, -0.2) is 34.6 Å². The molecule has 1 aromatic carbocycles. The van der Waals surface area contributed by atoms with Gasteiger partial charge in [-0.25, -0.2) is 4.79 Å². The number of nitro groups is 1. The number of ether oxygens (including phenoxy) is 1. The summed E-state index contributed by atoms with van der Waals surface area (Å²) in [6, 6.07) is 6.57. The molecule has 124 valence electrons. The number of nitrogens with zero attached hydrogens (tertiary/aromatic N) is 2. The minimum atomic E-state index is -0.490. The zero-order valence-corrected chi connectivity index (χ0v) is 13.7. The molecule has 6 nitrogen and oxygen atoms in total. The van der Waals surface area contributed by atoms with Gasteiger partial charge in [-0.3, -0.25) is 10.1 Å². The van der Waals surface area contributed by atoms with E-state index in [4.69, 9.17) is 4.74 Å². The average molecular weight is 318 g/mol. The highest BCUT2D eigenvalue weighted by molar-refractivity contribution is 5.68. The number of carbonyl (C=O) groups excluding carboxylic acids is 1. The van der Waals surface area contributed by atoms with Gasteiger partial charge in [0, 0.05) is 25.2 Å². The molecule has 0 aromatic heterocycles. The Bertz CT molecular complexity index is 622. The van der Waals surface area contributed by atoms with Crippen molar-refractivity contribution in [1.29, 1.82) is 0 Å². The predicted octanol–water partition coefficient (Wildman–Crippen LogP) is 4.01. The maximum atomic E-state index is 12.0. The lowest BCUT2D eigenvalue weighted by atomic mass is 10.0. The van der Waals surface area contributed by atoms with Gasteiger partial charge in [-0.1, -0.05) is 23.8 Å². The van der Waals surface area contributed by atoms with E-state index in [1.54, 1.807) is 17.0 Å². The molecule has 1 fully saturated rings. The Morgan fingerprint density at radius 3 is 2.52 bits per heavy atom. The highest BCUT2D eigenvalue weighted by atomic mass is 16.6. The van der Waals surface area contributed by atoms with Crippen LogP contribution < -0.4 is 0 Å². The van der Waals surface area contributed by atoms with Gasteiger partial charge in [0.05, 0.1) is 4.92 Å². The number of amides is 1. The molecule has 0 N–H and O–H groups in total. The van der Waals surface area contributed by atoms with Gasteiger partial charge < -0.3 is 9.64 Å². The lowest BCUT2D eigenvalue weighted by molar-refractivity contribution is -0.384. The lowest BCUT2D eigenvalue weighted by Gasteiger charge is -2.31. The van der Waals surface area contributed by atoms with E-state index in [0.717, 1.165) is 18.4 Å². The Hall–Kier alpha value is -2.37. The van der Waals surface area contributed by atoms with E-state index in [9.17, 15) is 14.9 Å². The minimum Gasteiger partial charge on any atom is -0.444 e. The molecule has 23 heavy (non-hydrogen) atoms. The second-order valence-electron chi connectivity index (χ2n) is 6.62. The second-order valence-corrected chi connectivity index (χ2v) is 6.62. The van der Waals surface area contributed by atoms with Crippen molar-refractivity contribution in [2.75, 3.05) is 13.1 Å². The molecular formula is C17H22N2O4. The van der Waals surface area contributed by atoms with Crippen LogP contribution in [0.2, 0.25) is 0 Å². The SMILES string of the molecule is CC(C)(C)OC(=O)N1CCC(=Cc2cccc([N+](=O)[O-])c2)CC1. The fourth-order valence-corrected chi connectivity index (χ4v) is 2.41. The van der Waals surface area contributed by atoms with Gasteiger partial charge in [0.25, 0.3) is 5.69 Å². The van der Waals surface area contributed by atoms with Crippen LogP contribution in [0, 0.1) is 10.1 Å². The van der Waals surface area contributed by atoms with Crippen LogP contribution in [0.1, 0.15) is 39.2 Å². The first-order valence-electron chi connectivity index (χ1n) is 7.66. The van der Waals surface area contributed by atoms with E-state index in [1.807, 2.05) is 32.9 Å². The summed E-state index contributed by atoms with van der Waals surface area (Å²) in [7, 11) is 0. The summed E-state index contributed by atoms with van der Waals surface area (Å²) >= 11 is 0. The fraction of sp³-hybridized carbons (Fsp3) is 0.471. The maximum absolute atomic E-state index is 12.0. The molecule has 2 rings (SSSR count). The van der Waals surface area contributed by atoms with Crippen molar-refractivity contribution in [3.8, 4) is 0 Å². The summed E-state index contributed by atoms with van der Waals surface area (Å²) in [5.74, 6) is 0. The Kier molecular flexibility index (Phi) is 5.03. The molecule has 0 spiro atoms. The zero-order valence-electron chi connectivity index (χ0n) is 13.7. The van der Waals surface area contributed by atoms with Gasteiger partial charge in [0.1, 0.15) is 5.60 Å². The summed E-state index contributed by atoms with van der Waals surface area (Å²) < 4.78 is 5.37. The molecule has 0 radical (unpaired) electrons. The van der Waals surface area contributed by atoms with Crippen LogP contribution >= 0.6 is 0 Å². The van der Waals surface area contributed by atoms with Gasteiger partial charge in [-0.15, -0.1) is 0 Å². The van der Waals surface area contributed by atoms with Crippen molar-refractivity contribution in [2.24, 2.45) is 0 Å². The van der Waals surface area contributed by atoms with Crippen LogP contribution in [-0.2, 0) is 4.74 Å². The highest BCUT2D eigenvalue weighted by Crippen LogP contribution is 2.23. The van der Waals surface area contributed by atoms with Gasteiger partial charge in [0.2, 0.25) is 0 Å². The first kappa shape index (κ1) is 17.0. The van der Waals surface area contributed by atoms with Crippen LogP contribution in [0.5, 0.6) is 0 Å². The summed E-state index contributed by atoms with van der Waals surface area (Å²) in [5.41, 5.74) is 1.60. The number of piperidine rings is 1. The number of hydrogen-bond donors (Lipinski definition) is 0. The molecule has 1 amide bonds. The molecule has 1 aliphatic rings. The molecule has 0 aliphatic carbocycles. The minimum absolute atomic E-state index is 0.0885. The normalized spacial score (nSPS) is 15.3. The summed E-state index contributed by atoms with van der Waals surface area (Å²) in [5, 5.41) is 10.8. The zero-order chi connectivity index (χ0) is 17.0. The first-order valence-corrected chi connectivity index (χ1v) is 7.66. The standard InChI is InChI=1S/C17H22N2O4/c1-17(2,3)23-16(20)18-9-7-13(8-10-18)11-14-5-4-6-15(12-14)19(21)22/h4-6,11-12H,7-10H2,1-3H3. The number of hydrogen-bond acceptors (Lipinski definition) is 4. The molecule has 0 unspecified atom stereocenters. The second kappa shape index (κ2) is 6.81. The smallest absolute Gasteiger partial charge is 0.410 e. The van der Waals surface area contributed by atoms with Gasteiger partial charge in [-0.05, 0) is 39.2 Å². The molecule has 0 atom stereocenters. The van der Waals surface area contributed by atoms with Gasteiger partial charge in [0.15, 0.2) is 0 Å². The van der Waals surface area contributed by atoms with Crippen molar-refractivity contribution in [3.63, 3.8) is 0 Å². The lowest BCUT2D eigenvalue weighted by Crippen LogP contribution is -2.40. The van der Waals surface area contributed by atoms with Crippen molar-refractivity contribution in [3.05, 3.63) is 45.5 Å². The largest absolute Gasteiger partial charge is 0.444 e. The Labute approximate surface area is 135 Å². The molecule has 1 heterocycles. The van der Waals surface area contributed by atoms with Gasteiger partial charge in [-0.2, -0.15) is 0 Å². The van der Waals surface area contributed by atoms with E-state index in [2.05, 4.69) is 0 Å². The fourth-order valence-electron chi connectivity index (χ4n) is 2.41. The third-order valence-corrected chi connectivity index (χ3v) is 3.51. The number of likely N-dealkylation sites (tertiary alicyclic amines) is 1. The molecule has 1 aliphatic heterocycles. The molecule has 1 aromatic rings. The quantitative estimate of drug-likeness (QED) is 0.610. The van der Waals surface area contributed by atoms with E-state index in [-0.39, 0.29) is 11.8 Å². The third-order valence-electron chi connectivity index (χ3n) is 3.51. The first-order chi connectivity index (χ1) is 10.7. The highest BCUT2D eigenvalue weighted by Gasteiger charge is 2.24. The monoisotopic (exact) mass is 318 g/mol. The van der Waals surface area contributed by atoms with Gasteiger partial charge >= 0.3 is 6.09 Å². The van der Waals surface area contributed by atoms with Crippen LogP contribution in [0.4, 0.5) is 10.5 Å². The number of nitro benzene ring substituents is 1. The summed E-state index contributed by atoms with van der Waals surface area (Å²) in [6.45, 7) is 6.76. The Balaban J connectivity index is 1.97. The number of rotatable bonds is 2. The number of carbonyl (C=O) groups is 1. The summed E-state index contributed by atoms with van der Waals surface area (Å²) in [6.07, 6.45) is 3.19. The molecule has 0 bridgehead atoms. The van der Waals surface area contributed by atoms with Crippen molar-refractivity contribution < 1.29 is 14.5 Å². The van der Waals surface area contributed by atoms with Crippen molar-refractivity contribution in [2.45, 2.75) is 39.2 Å². The molecule has 0 saturated carbocycles. The third kappa shape index (κ3) is 5.09. The number of non-ortho nitro benzene ring substituents is 1. The average Bonchev–Trinajstić information content (AvgIpc) is 2.46. The summed E-state index contributed by atoms with van der Waals surface area (Å²) in [4.78, 5) is 24.1. The molecular weight excluding hydrogens is 296 g/mol. The van der Waals surface area contributed by atoms with E-state index in [0.29, 0.717) is 13.1 Å². The van der Waals surface area contributed by atoms with Crippen LogP contribution in [0.15, 0.2) is 29.8 Å². The Morgan fingerprint density at radius 1 is 1.30 bits per heavy atom. The van der Waals surface area contributed by atoms with E-state index in [1.165, 1.54) is 11.6 Å².